The zero-order valence-corrected chi connectivity index (χ0v) is 10.00. The van der Waals surface area contributed by atoms with Crippen LogP contribution in [0, 0.1) is 0 Å². The minimum absolute atomic E-state index is 0.721. The molecule has 1 heterocycles. The van der Waals surface area contributed by atoms with Gasteiger partial charge in [0, 0.05) is 25.9 Å². The Balaban J connectivity index is 2.05. The molecular formula is C13H15N3O. The second-order valence-electron chi connectivity index (χ2n) is 3.67. The number of hydrogen-bond donors (Lipinski definition) is 0. The van der Waals surface area contributed by atoms with Crippen LogP contribution in [-0.2, 0) is 13.5 Å². The van der Waals surface area contributed by atoms with Crippen molar-refractivity contribution in [3.05, 3.63) is 42.2 Å². The summed E-state index contributed by atoms with van der Waals surface area (Å²) < 4.78 is 7.00. The van der Waals surface area contributed by atoms with Gasteiger partial charge in [0.05, 0.1) is 12.8 Å². The molecule has 2 rings (SSSR count). The Labute approximate surface area is 101 Å². The fourth-order valence-corrected chi connectivity index (χ4v) is 1.55. The molecule has 0 amide bonds. The third kappa shape index (κ3) is 2.93. The Morgan fingerprint density at radius 1 is 1.35 bits per heavy atom. The lowest BCUT2D eigenvalue weighted by molar-refractivity contribution is 0.416. The molecule has 88 valence electrons. The molecule has 4 heteroatoms. The highest BCUT2D eigenvalue weighted by Crippen LogP contribution is 2.25. The van der Waals surface area contributed by atoms with Gasteiger partial charge in [-0.2, -0.15) is 5.10 Å². The van der Waals surface area contributed by atoms with Gasteiger partial charge in [-0.05, 0) is 18.2 Å². The largest absolute Gasteiger partial charge is 0.494 e. The molecule has 0 aliphatic carbocycles. The van der Waals surface area contributed by atoms with Crippen molar-refractivity contribution in [2.75, 3.05) is 7.11 Å². The van der Waals surface area contributed by atoms with Gasteiger partial charge in [0.2, 0.25) is 0 Å². The second kappa shape index (κ2) is 5.30. The average Bonchev–Trinajstić information content (AvgIpc) is 2.76. The number of hydrogen-bond acceptors (Lipinski definition) is 3. The van der Waals surface area contributed by atoms with Gasteiger partial charge < -0.3 is 4.74 Å². The van der Waals surface area contributed by atoms with E-state index in [0.717, 1.165) is 23.6 Å². The third-order valence-corrected chi connectivity index (χ3v) is 2.38. The summed E-state index contributed by atoms with van der Waals surface area (Å²) in [5.41, 5.74) is 1.84. The number of aliphatic imine (C=N–C) groups is 1. The fourth-order valence-electron chi connectivity index (χ4n) is 1.55. The van der Waals surface area contributed by atoms with E-state index in [1.165, 1.54) is 0 Å². The second-order valence-corrected chi connectivity index (χ2v) is 3.67. The van der Waals surface area contributed by atoms with E-state index in [-0.39, 0.29) is 0 Å². The molecule has 4 nitrogen and oxygen atoms in total. The van der Waals surface area contributed by atoms with Gasteiger partial charge in [0.25, 0.3) is 0 Å². The molecule has 0 aliphatic rings. The van der Waals surface area contributed by atoms with Crippen molar-refractivity contribution in [2.45, 2.75) is 6.42 Å². The van der Waals surface area contributed by atoms with Crippen LogP contribution in [0.3, 0.4) is 0 Å². The Hall–Kier alpha value is -2.10. The summed E-state index contributed by atoms with van der Waals surface area (Å²) in [6.45, 7) is 0. The number of methoxy groups -OCH3 is 1. The highest BCUT2D eigenvalue weighted by molar-refractivity contribution is 5.68. The summed E-state index contributed by atoms with van der Waals surface area (Å²) in [6, 6.07) is 9.67. The van der Waals surface area contributed by atoms with Crippen molar-refractivity contribution >= 4 is 11.9 Å². The van der Waals surface area contributed by atoms with Crippen LogP contribution in [0.1, 0.15) is 5.69 Å². The molecule has 0 aliphatic heterocycles. The van der Waals surface area contributed by atoms with Crippen molar-refractivity contribution in [3.8, 4) is 5.75 Å². The number of nitrogens with zero attached hydrogens (tertiary/aromatic N) is 3. The fraction of sp³-hybridized carbons (Fsp3) is 0.231. The highest BCUT2D eigenvalue weighted by Gasteiger charge is 1.98. The van der Waals surface area contributed by atoms with Crippen LogP contribution in [0.2, 0.25) is 0 Å². The van der Waals surface area contributed by atoms with E-state index in [0.29, 0.717) is 0 Å². The summed E-state index contributed by atoms with van der Waals surface area (Å²) in [6.07, 6.45) is 4.49. The van der Waals surface area contributed by atoms with E-state index < -0.39 is 0 Å². The topological polar surface area (TPSA) is 39.4 Å². The van der Waals surface area contributed by atoms with Crippen LogP contribution in [0.15, 0.2) is 41.5 Å². The zero-order valence-electron chi connectivity index (χ0n) is 10.00. The van der Waals surface area contributed by atoms with Crippen molar-refractivity contribution < 1.29 is 4.74 Å². The maximum atomic E-state index is 5.22. The van der Waals surface area contributed by atoms with Gasteiger partial charge in [-0.1, -0.05) is 12.1 Å². The molecule has 0 unspecified atom stereocenters. The predicted molar refractivity (Wildman–Crippen MR) is 68.1 cm³/mol. The summed E-state index contributed by atoms with van der Waals surface area (Å²) in [5, 5.41) is 4.28. The first-order chi connectivity index (χ1) is 8.29. The Morgan fingerprint density at radius 3 is 2.88 bits per heavy atom. The van der Waals surface area contributed by atoms with Gasteiger partial charge in [-0.15, -0.1) is 0 Å². The van der Waals surface area contributed by atoms with Crippen LogP contribution >= 0.6 is 0 Å². The van der Waals surface area contributed by atoms with Gasteiger partial charge in [0.1, 0.15) is 11.4 Å². The third-order valence-electron chi connectivity index (χ3n) is 2.38. The molecule has 0 spiro atoms. The molecule has 1 aromatic heterocycles. The predicted octanol–water partition coefficient (Wildman–Crippen LogP) is 2.37. The maximum absolute atomic E-state index is 5.22. The molecule has 0 radical (unpaired) electrons. The SMILES string of the molecule is COc1ccccc1N=CCc1ccn(C)n1. The molecule has 1 aromatic carbocycles. The zero-order chi connectivity index (χ0) is 12.1. The number of ether oxygens (including phenoxy) is 1. The first-order valence-corrected chi connectivity index (χ1v) is 5.43. The number of benzene rings is 1. The van der Waals surface area contributed by atoms with Crippen molar-refractivity contribution in [2.24, 2.45) is 12.0 Å². The van der Waals surface area contributed by atoms with E-state index in [1.807, 2.05) is 49.8 Å². The van der Waals surface area contributed by atoms with E-state index in [1.54, 1.807) is 11.8 Å². The van der Waals surface area contributed by atoms with Crippen LogP contribution in [0.4, 0.5) is 5.69 Å². The summed E-state index contributed by atoms with van der Waals surface area (Å²) in [5.74, 6) is 0.782. The number of aromatic nitrogens is 2. The number of para-hydroxylation sites is 2. The van der Waals surface area contributed by atoms with Gasteiger partial charge in [0.15, 0.2) is 0 Å². The van der Waals surface area contributed by atoms with Crippen LogP contribution < -0.4 is 4.74 Å². The van der Waals surface area contributed by atoms with Crippen LogP contribution in [0.25, 0.3) is 0 Å². The van der Waals surface area contributed by atoms with Crippen LogP contribution in [-0.4, -0.2) is 23.1 Å². The molecule has 0 saturated heterocycles. The lowest BCUT2D eigenvalue weighted by Gasteiger charge is -2.02. The number of aryl methyl sites for hydroxylation is 1. The van der Waals surface area contributed by atoms with E-state index in [9.17, 15) is 0 Å². The monoisotopic (exact) mass is 229 g/mol. The summed E-state index contributed by atoms with van der Waals surface area (Å²) in [4.78, 5) is 4.38. The normalized spacial score (nSPS) is 10.9. The minimum atomic E-state index is 0.721. The van der Waals surface area contributed by atoms with E-state index in [4.69, 9.17) is 4.74 Å². The first kappa shape index (κ1) is 11.4. The molecule has 0 bridgehead atoms. The Bertz CT molecular complexity index is 517. The van der Waals surface area contributed by atoms with E-state index >= 15 is 0 Å². The molecule has 2 aromatic rings. The van der Waals surface area contributed by atoms with Gasteiger partial charge in [-0.25, -0.2) is 0 Å². The summed E-state index contributed by atoms with van der Waals surface area (Å²) >= 11 is 0. The van der Waals surface area contributed by atoms with Crippen LogP contribution in [0.5, 0.6) is 5.75 Å². The first-order valence-electron chi connectivity index (χ1n) is 5.43. The quantitative estimate of drug-likeness (QED) is 0.755. The molecular weight excluding hydrogens is 214 g/mol. The van der Waals surface area contributed by atoms with Crippen molar-refractivity contribution in [1.82, 2.24) is 9.78 Å². The summed E-state index contributed by atoms with van der Waals surface area (Å²) in [7, 11) is 3.55. The average molecular weight is 229 g/mol. The lowest BCUT2D eigenvalue weighted by atomic mass is 10.3. The van der Waals surface area contributed by atoms with Crippen molar-refractivity contribution in [1.29, 1.82) is 0 Å². The molecule has 0 saturated carbocycles. The minimum Gasteiger partial charge on any atom is -0.494 e. The van der Waals surface area contributed by atoms with E-state index in [2.05, 4.69) is 10.1 Å². The van der Waals surface area contributed by atoms with Gasteiger partial charge in [-0.3, -0.25) is 9.67 Å². The standard InChI is InChI=1S/C13H15N3O/c1-16-10-8-11(15-16)7-9-14-12-5-3-4-6-13(12)17-2/h3-6,8-10H,7H2,1-2H3. The Morgan fingerprint density at radius 2 is 2.18 bits per heavy atom. The van der Waals surface area contributed by atoms with Crippen molar-refractivity contribution in [3.63, 3.8) is 0 Å². The smallest absolute Gasteiger partial charge is 0.144 e. The number of rotatable bonds is 4. The molecule has 17 heavy (non-hydrogen) atoms. The molecule has 0 N–H and O–H groups in total. The Kier molecular flexibility index (Phi) is 3.55. The van der Waals surface area contributed by atoms with Gasteiger partial charge >= 0.3 is 0 Å². The molecule has 0 atom stereocenters. The lowest BCUT2D eigenvalue weighted by Crippen LogP contribution is -1.92. The molecule has 0 fully saturated rings. The maximum Gasteiger partial charge on any atom is 0.144 e. The highest BCUT2D eigenvalue weighted by atomic mass is 16.5.